The molecule has 1 aromatic heterocycles. The highest BCUT2D eigenvalue weighted by Gasteiger charge is 2.16. The monoisotopic (exact) mass is 334 g/mol. The number of hydrogen-bond acceptors (Lipinski definition) is 3. The third kappa shape index (κ3) is 3.11. The molecule has 2 nitrogen and oxygen atoms in total. The summed E-state index contributed by atoms with van der Waals surface area (Å²) in [5, 5.41) is 4.00. The van der Waals surface area contributed by atoms with Gasteiger partial charge >= 0.3 is 0 Å². The Hall–Kier alpha value is -1.39. The van der Waals surface area contributed by atoms with Crippen LogP contribution < -0.4 is 5.73 Å². The van der Waals surface area contributed by atoms with Crippen molar-refractivity contribution in [3.05, 3.63) is 74.5 Å². The van der Waals surface area contributed by atoms with Crippen LogP contribution in [0.4, 0.5) is 0 Å². The van der Waals surface area contributed by atoms with Gasteiger partial charge in [0.2, 0.25) is 0 Å². The van der Waals surface area contributed by atoms with Crippen molar-refractivity contribution in [2.75, 3.05) is 0 Å². The number of aromatic nitrogens is 1. The van der Waals surface area contributed by atoms with E-state index in [1.54, 1.807) is 12.1 Å². The molecular formula is C16H12Cl2N2S. The summed E-state index contributed by atoms with van der Waals surface area (Å²) in [4.78, 5) is 4.62. The van der Waals surface area contributed by atoms with E-state index < -0.39 is 0 Å². The summed E-state index contributed by atoms with van der Waals surface area (Å²) < 4.78 is 0. The van der Waals surface area contributed by atoms with Crippen LogP contribution >= 0.6 is 34.5 Å². The minimum Gasteiger partial charge on any atom is -0.318 e. The summed E-state index contributed by atoms with van der Waals surface area (Å²) in [6, 6.07) is 15.0. The average Bonchev–Trinajstić information content (AvgIpc) is 2.97. The molecule has 0 saturated heterocycles. The molecule has 3 rings (SSSR count). The lowest BCUT2D eigenvalue weighted by molar-refractivity contribution is 0.859. The number of benzene rings is 2. The van der Waals surface area contributed by atoms with E-state index in [0.717, 1.165) is 21.8 Å². The fraction of sp³-hybridized carbons (Fsp3) is 0.0625. The van der Waals surface area contributed by atoms with Crippen LogP contribution in [0.1, 0.15) is 16.6 Å². The van der Waals surface area contributed by atoms with Crippen molar-refractivity contribution in [3.63, 3.8) is 0 Å². The molecule has 21 heavy (non-hydrogen) atoms. The van der Waals surface area contributed by atoms with Crippen LogP contribution in [-0.4, -0.2) is 4.98 Å². The normalized spacial score (nSPS) is 12.3. The number of nitrogens with zero attached hydrogens (tertiary/aromatic N) is 1. The molecule has 106 valence electrons. The minimum absolute atomic E-state index is 0.350. The highest BCUT2D eigenvalue weighted by molar-refractivity contribution is 7.10. The topological polar surface area (TPSA) is 38.9 Å². The van der Waals surface area contributed by atoms with E-state index in [9.17, 15) is 0 Å². The van der Waals surface area contributed by atoms with Crippen molar-refractivity contribution in [1.29, 1.82) is 0 Å². The molecule has 2 aromatic carbocycles. The maximum absolute atomic E-state index is 6.28. The van der Waals surface area contributed by atoms with Crippen LogP contribution in [0.15, 0.2) is 53.9 Å². The van der Waals surface area contributed by atoms with Gasteiger partial charge in [-0.05, 0) is 17.7 Å². The summed E-state index contributed by atoms with van der Waals surface area (Å²) in [7, 11) is 0. The van der Waals surface area contributed by atoms with Crippen molar-refractivity contribution in [3.8, 4) is 11.3 Å². The third-order valence-electron chi connectivity index (χ3n) is 3.16. The lowest BCUT2D eigenvalue weighted by Gasteiger charge is -2.11. The zero-order valence-electron chi connectivity index (χ0n) is 11.0. The molecule has 0 saturated carbocycles. The molecule has 1 atom stereocenters. The third-order valence-corrected chi connectivity index (χ3v) is 4.65. The quantitative estimate of drug-likeness (QED) is 0.717. The van der Waals surface area contributed by atoms with E-state index in [4.69, 9.17) is 28.9 Å². The maximum Gasteiger partial charge on any atom is 0.115 e. The van der Waals surface area contributed by atoms with Crippen LogP contribution in [0, 0.1) is 0 Å². The highest BCUT2D eigenvalue weighted by atomic mass is 35.5. The van der Waals surface area contributed by atoms with E-state index >= 15 is 0 Å². The van der Waals surface area contributed by atoms with Crippen LogP contribution in [-0.2, 0) is 0 Å². The molecule has 5 heteroatoms. The van der Waals surface area contributed by atoms with Gasteiger partial charge in [-0.1, -0.05) is 59.6 Å². The molecule has 0 bridgehead atoms. The summed E-state index contributed by atoms with van der Waals surface area (Å²) >= 11 is 13.7. The number of rotatable bonds is 3. The van der Waals surface area contributed by atoms with Crippen molar-refractivity contribution in [2.45, 2.75) is 6.04 Å². The molecule has 0 fully saturated rings. The first-order valence-electron chi connectivity index (χ1n) is 6.36. The number of thiazole rings is 1. The van der Waals surface area contributed by atoms with Gasteiger partial charge in [0.15, 0.2) is 0 Å². The van der Waals surface area contributed by atoms with Crippen molar-refractivity contribution in [2.24, 2.45) is 5.73 Å². The Kier molecular flexibility index (Phi) is 4.27. The van der Waals surface area contributed by atoms with E-state index in [2.05, 4.69) is 4.98 Å². The molecule has 0 aliphatic rings. The summed E-state index contributed by atoms with van der Waals surface area (Å²) in [6.45, 7) is 0. The molecule has 0 amide bonds. The van der Waals surface area contributed by atoms with Gasteiger partial charge < -0.3 is 5.73 Å². The fourth-order valence-corrected chi connectivity index (χ4v) is 3.43. The Morgan fingerprint density at radius 2 is 1.81 bits per heavy atom. The fourth-order valence-electron chi connectivity index (χ4n) is 2.06. The molecule has 0 radical (unpaired) electrons. The van der Waals surface area contributed by atoms with Crippen LogP contribution in [0.2, 0.25) is 10.0 Å². The smallest absolute Gasteiger partial charge is 0.115 e. The van der Waals surface area contributed by atoms with E-state index in [1.165, 1.54) is 11.3 Å². The number of hydrogen-bond donors (Lipinski definition) is 1. The first-order valence-corrected chi connectivity index (χ1v) is 8.00. The first-order chi connectivity index (χ1) is 10.1. The van der Waals surface area contributed by atoms with Crippen molar-refractivity contribution >= 4 is 34.5 Å². The van der Waals surface area contributed by atoms with Gasteiger partial charge in [0.05, 0.1) is 11.7 Å². The number of halogens is 2. The minimum atomic E-state index is -0.350. The zero-order chi connectivity index (χ0) is 14.8. The van der Waals surface area contributed by atoms with Gasteiger partial charge in [-0.15, -0.1) is 11.3 Å². The lowest BCUT2D eigenvalue weighted by atomic mass is 10.1. The Morgan fingerprint density at radius 1 is 1.05 bits per heavy atom. The van der Waals surface area contributed by atoms with Gasteiger partial charge in [0.25, 0.3) is 0 Å². The lowest BCUT2D eigenvalue weighted by Crippen LogP contribution is -2.12. The average molecular weight is 335 g/mol. The van der Waals surface area contributed by atoms with Gasteiger partial charge in [0, 0.05) is 21.0 Å². The zero-order valence-corrected chi connectivity index (χ0v) is 13.3. The Bertz CT molecular complexity index is 756. The van der Waals surface area contributed by atoms with Crippen LogP contribution in [0.5, 0.6) is 0 Å². The van der Waals surface area contributed by atoms with E-state index in [-0.39, 0.29) is 6.04 Å². The number of nitrogens with two attached hydrogens (primary N) is 1. The first kappa shape index (κ1) is 14.5. The summed E-state index contributed by atoms with van der Waals surface area (Å²) in [5.41, 5.74) is 9.11. The Labute approximate surface area is 137 Å². The van der Waals surface area contributed by atoms with Crippen LogP contribution in [0.25, 0.3) is 11.3 Å². The Balaban J connectivity index is 1.92. The van der Waals surface area contributed by atoms with Crippen molar-refractivity contribution in [1.82, 2.24) is 4.98 Å². The predicted octanol–water partition coefficient (Wildman–Crippen LogP) is 5.17. The second kappa shape index (κ2) is 6.16. The molecule has 0 aliphatic carbocycles. The molecule has 0 aliphatic heterocycles. The van der Waals surface area contributed by atoms with Gasteiger partial charge in [-0.3, -0.25) is 0 Å². The van der Waals surface area contributed by atoms with Crippen LogP contribution in [0.3, 0.4) is 0 Å². The summed E-state index contributed by atoms with van der Waals surface area (Å²) in [6.07, 6.45) is 0. The standard InChI is InChI=1S/C16H12Cl2N2S/c17-11-6-7-12(13(18)8-11)15(19)16-20-14(9-21-16)10-4-2-1-3-5-10/h1-9,15H,19H2. The van der Waals surface area contributed by atoms with Gasteiger partial charge in [0.1, 0.15) is 5.01 Å². The van der Waals surface area contributed by atoms with E-state index in [0.29, 0.717) is 10.0 Å². The molecule has 3 aromatic rings. The molecular weight excluding hydrogens is 323 g/mol. The van der Waals surface area contributed by atoms with Gasteiger partial charge in [-0.25, -0.2) is 4.98 Å². The van der Waals surface area contributed by atoms with Gasteiger partial charge in [-0.2, -0.15) is 0 Å². The molecule has 1 unspecified atom stereocenters. The SMILES string of the molecule is NC(c1nc(-c2ccccc2)cs1)c1ccc(Cl)cc1Cl. The Morgan fingerprint density at radius 3 is 2.52 bits per heavy atom. The second-order valence-corrected chi connectivity index (χ2v) is 6.31. The predicted molar refractivity (Wildman–Crippen MR) is 90.0 cm³/mol. The van der Waals surface area contributed by atoms with Crippen molar-refractivity contribution < 1.29 is 0 Å². The molecule has 2 N–H and O–H groups in total. The second-order valence-electron chi connectivity index (χ2n) is 4.58. The summed E-state index contributed by atoms with van der Waals surface area (Å²) in [5.74, 6) is 0. The highest BCUT2D eigenvalue weighted by Crippen LogP contribution is 2.32. The molecule has 0 spiro atoms. The van der Waals surface area contributed by atoms with E-state index in [1.807, 2.05) is 41.8 Å². The molecule has 1 heterocycles. The largest absolute Gasteiger partial charge is 0.318 e. The maximum atomic E-state index is 6.28.